The zero-order valence-corrected chi connectivity index (χ0v) is 19.8. The minimum atomic E-state index is -0.151. The maximum Gasteiger partial charge on any atom is 0.317 e. The van der Waals surface area contributed by atoms with Crippen LogP contribution in [-0.2, 0) is 33.8 Å². The number of fused-ring (bicyclic) bond motifs is 3. The minimum absolute atomic E-state index is 0.0245. The third-order valence-electron chi connectivity index (χ3n) is 7.04. The van der Waals surface area contributed by atoms with Crippen molar-refractivity contribution in [1.29, 1.82) is 0 Å². The fourth-order valence-electron chi connectivity index (χ4n) is 5.13. The zero-order valence-electron chi connectivity index (χ0n) is 19.8. The van der Waals surface area contributed by atoms with E-state index in [0.717, 1.165) is 71.2 Å². The highest BCUT2D eigenvalue weighted by atomic mass is 16.5. The smallest absolute Gasteiger partial charge is 0.317 e. The molecule has 0 spiro atoms. The lowest BCUT2D eigenvalue weighted by Crippen LogP contribution is -2.43. The molecule has 1 fully saturated rings. The molecule has 0 unspecified atom stereocenters. The number of hydrogen-bond acceptors (Lipinski definition) is 4. The molecule has 1 saturated heterocycles. The van der Waals surface area contributed by atoms with Gasteiger partial charge in [-0.1, -0.05) is 31.0 Å². The number of esters is 1. The third-order valence-corrected chi connectivity index (χ3v) is 7.04. The van der Waals surface area contributed by atoms with Gasteiger partial charge in [0.1, 0.15) is 0 Å². The van der Waals surface area contributed by atoms with E-state index in [-0.39, 0.29) is 12.0 Å². The highest BCUT2D eigenvalue weighted by Crippen LogP contribution is 2.32. The van der Waals surface area contributed by atoms with Crippen molar-refractivity contribution in [1.82, 2.24) is 14.8 Å². The van der Waals surface area contributed by atoms with E-state index in [4.69, 9.17) is 4.74 Å². The second-order valence-electron chi connectivity index (χ2n) is 9.25. The summed E-state index contributed by atoms with van der Waals surface area (Å²) in [6.07, 6.45) is 7.36. The molecule has 1 aromatic heterocycles. The van der Waals surface area contributed by atoms with Gasteiger partial charge in [-0.15, -0.1) is 0 Å². The summed E-state index contributed by atoms with van der Waals surface area (Å²) in [5, 5.41) is 4.37. The van der Waals surface area contributed by atoms with E-state index < -0.39 is 0 Å². The average molecular weight is 456 g/mol. The van der Waals surface area contributed by atoms with Gasteiger partial charge in [0, 0.05) is 74.4 Å². The Morgan fingerprint density at radius 1 is 1.12 bits per heavy atom. The largest absolute Gasteiger partial charge is 0.469 e. The first-order valence-corrected chi connectivity index (χ1v) is 12.4. The number of para-hydroxylation sites is 1. The maximum atomic E-state index is 12.8. The van der Waals surface area contributed by atoms with Gasteiger partial charge in [0.15, 0.2) is 0 Å². The molecule has 180 valence electrons. The van der Waals surface area contributed by atoms with Crippen LogP contribution in [0, 0.1) is 5.92 Å². The maximum absolute atomic E-state index is 12.8. The summed E-state index contributed by atoms with van der Waals surface area (Å²) in [5.74, 6) is 0.509. The summed E-state index contributed by atoms with van der Waals surface area (Å²) in [4.78, 5) is 25.9. The molecule has 0 bridgehead atoms. The van der Waals surface area contributed by atoms with Gasteiger partial charge >= 0.3 is 12.0 Å². The Kier molecular flexibility index (Phi) is 8.26. The fraction of sp³-hybridized carbons (Fsp3) is 0.615. The molecule has 1 aromatic carbocycles. The van der Waals surface area contributed by atoms with Crippen molar-refractivity contribution in [3.8, 4) is 0 Å². The molecular weight excluding hydrogens is 418 g/mol. The number of nitrogens with one attached hydrogen (secondary N) is 1. The van der Waals surface area contributed by atoms with Crippen molar-refractivity contribution in [3.63, 3.8) is 0 Å². The van der Waals surface area contributed by atoms with Gasteiger partial charge in [-0.2, -0.15) is 0 Å². The number of methoxy groups -OCH3 is 1. The summed E-state index contributed by atoms with van der Waals surface area (Å²) in [7, 11) is 1.42. The fourth-order valence-corrected chi connectivity index (χ4v) is 5.13. The number of aromatic nitrogens is 1. The molecular formula is C26H37N3O4. The lowest BCUT2D eigenvalue weighted by atomic mass is 10.00. The Morgan fingerprint density at radius 3 is 2.73 bits per heavy atom. The molecule has 7 nitrogen and oxygen atoms in total. The molecule has 1 N–H and O–H groups in total. The molecule has 0 aliphatic carbocycles. The molecule has 2 aliphatic rings. The second kappa shape index (κ2) is 11.5. The van der Waals surface area contributed by atoms with E-state index in [1.54, 1.807) is 0 Å². The highest BCUT2D eigenvalue weighted by Gasteiger charge is 2.27. The number of urea groups is 1. The Labute approximate surface area is 196 Å². The van der Waals surface area contributed by atoms with E-state index in [2.05, 4.69) is 38.9 Å². The predicted molar refractivity (Wildman–Crippen MR) is 128 cm³/mol. The molecule has 33 heavy (non-hydrogen) atoms. The highest BCUT2D eigenvalue weighted by molar-refractivity contribution is 5.86. The predicted octanol–water partition coefficient (Wildman–Crippen LogP) is 4.26. The van der Waals surface area contributed by atoms with E-state index in [0.29, 0.717) is 25.4 Å². The summed E-state index contributed by atoms with van der Waals surface area (Å²) in [6.45, 7) is 4.87. The van der Waals surface area contributed by atoms with Crippen LogP contribution >= 0.6 is 0 Å². The molecule has 0 saturated carbocycles. The van der Waals surface area contributed by atoms with Gasteiger partial charge in [-0.3, -0.25) is 4.79 Å². The quantitative estimate of drug-likeness (QED) is 0.453. The lowest BCUT2D eigenvalue weighted by molar-refractivity contribution is -0.140. The van der Waals surface area contributed by atoms with Crippen molar-refractivity contribution >= 4 is 22.9 Å². The van der Waals surface area contributed by atoms with Gasteiger partial charge in [0.25, 0.3) is 0 Å². The van der Waals surface area contributed by atoms with Gasteiger partial charge in [0.05, 0.1) is 7.11 Å². The number of unbranched alkanes of at least 4 members (excludes halogenated alkanes) is 3. The molecule has 4 rings (SSSR count). The van der Waals surface area contributed by atoms with Crippen LogP contribution in [0.15, 0.2) is 24.3 Å². The number of carbonyl (C=O) groups is 2. The van der Waals surface area contributed by atoms with E-state index in [1.807, 2.05) is 4.90 Å². The van der Waals surface area contributed by atoms with Crippen LogP contribution in [0.4, 0.5) is 4.79 Å². The van der Waals surface area contributed by atoms with Crippen LogP contribution < -0.4 is 5.32 Å². The van der Waals surface area contributed by atoms with Crippen molar-refractivity contribution in [2.75, 3.05) is 33.4 Å². The molecule has 2 aromatic rings. The van der Waals surface area contributed by atoms with E-state index >= 15 is 0 Å². The van der Waals surface area contributed by atoms with Gasteiger partial charge < -0.3 is 24.3 Å². The van der Waals surface area contributed by atoms with Gasteiger partial charge in [-0.05, 0) is 37.7 Å². The average Bonchev–Trinajstić information content (AvgIpc) is 3.16. The van der Waals surface area contributed by atoms with Crippen LogP contribution in [-0.4, -0.2) is 54.9 Å². The number of hydrogen-bond donors (Lipinski definition) is 1. The normalized spacial score (nSPS) is 16.6. The topological polar surface area (TPSA) is 72.8 Å². The molecule has 7 heteroatoms. The monoisotopic (exact) mass is 455 g/mol. The number of benzene rings is 1. The number of rotatable bonds is 9. The van der Waals surface area contributed by atoms with Crippen molar-refractivity contribution in [2.24, 2.45) is 5.92 Å². The van der Waals surface area contributed by atoms with Gasteiger partial charge in [0.2, 0.25) is 0 Å². The second-order valence-corrected chi connectivity index (χ2v) is 9.25. The SMILES string of the molecule is COC(=O)CCCCCCNC(=O)N1CCc2c(c3ccccc3n2CC2CCOCC2)C1. The van der Waals surface area contributed by atoms with Crippen LogP contribution in [0.1, 0.15) is 56.2 Å². The van der Waals surface area contributed by atoms with Gasteiger partial charge in [-0.25, -0.2) is 4.79 Å². The van der Waals surface area contributed by atoms with Crippen LogP contribution in [0.3, 0.4) is 0 Å². The standard InChI is InChI=1S/C26H37N3O4/c1-32-25(30)10-4-2-3-7-14-27-26(31)28-15-11-24-22(19-28)21-8-5-6-9-23(21)29(24)18-20-12-16-33-17-13-20/h5-6,8-9,20H,2-4,7,10-19H2,1H3,(H,27,31). The summed E-state index contributed by atoms with van der Waals surface area (Å²) in [6, 6.07) is 8.66. The first-order chi connectivity index (χ1) is 16.2. The number of nitrogens with zero attached hydrogens (tertiary/aromatic N) is 2. The lowest BCUT2D eigenvalue weighted by Gasteiger charge is -2.29. The van der Waals surface area contributed by atoms with E-state index in [1.165, 1.54) is 29.3 Å². The minimum Gasteiger partial charge on any atom is -0.469 e. The Bertz CT molecular complexity index is 948. The van der Waals surface area contributed by atoms with Crippen LogP contribution in [0.25, 0.3) is 10.9 Å². The molecule has 2 aliphatic heterocycles. The zero-order chi connectivity index (χ0) is 23.0. The van der Waals surface area contributed by atoms with Crippen LogP contribution in [0.2, 0.25) is 0 Å². The summed E-state index contributed by atoms with van der Waals surface area (Å²) < 4.78 is 12.7. The van der Waals surface area contributed by atoms with Crippen molar-refractivity contribution in [3.05, 3.63) is 35.5 Å². The summed E-state index contributed by atoms with van der Waals surface area (Å²) in [5.41, 5.74) is 4.00. The molecule has 0 atom stereocenters. The van der Waals surface area contributed by atoms with Crippen molar-refractivity contribution < 1.29 is 19.1 Å². The molecule has 0 radical (unpaired) electrons. The van der Waals surface area contributed by atoms with Crippen LogP contribution in [0.5, 0.6) is 0 Å². The number of carbonyl (C=O) groups excluding carboxylic acids is 2. The Morgan fingerprint density at radius 2 is 1.91 bits per heavy atom. The Hall–Kier alpha value is -2.54. The number of ether oxygens (including phenoxy) is 2. The van der Waals surface area contributed by atoms with Crippen molar-refractivity contribution in [2.45, 2.75) is 64.5 Å². The first kappa shape index (κ1) is 23.6. The van der Waals surface area contributed by atoms with E-state index in [9.17, 15) is 9.59 Å². The Balaban J connectivity index is 1.32. The molecule has 2 amide bonds. The molecule has 3 heterocycles. The number of amides is 2. The summed E-state index contributed by atoms with van der Waals surface area (Å²) >= 11 is 0. The first-order valence-electron chi connectivity index (χ1n) is 12.4. The third kappa shape index (κ3) is 5.88.